The Labute approximate surface area is 150 Å². The summed E-state index contributed by atoms with van der Waals surface area (Å²) >= 11 is 0. The van der Waals surface area contributed by atoms with Gasteiger partial charge in [-0.1, -0.05) is 5.16 Å². The van der Waals surface area contributed by atoms with Gasteiger partial charge in [-0.3, -0.25) is 0 Å². The third-order valence-electron chi connectivity index (χ3n) is 3.46. The van der Waals surface area contributed by atoms with Crippen molar-refractivity contribution in [3.05, 3.63) is 36.2 Å². The molecular weight excluding hydrogens is 338 g/mol. The molecule has 0 unspecified atom stereocenters. The highest BCUT2D eigenvalue weighted by molar-refractivity contribution is 5.67. The molecule has 0 amide bonds. The van der Waals surface area contributed by atoms with Gasteiger partial charge >= 0.3 is 0 Å². The van der Waals surface area contributed by atoms with Crippen LogP contribution in [0.5, 0.6) is 17.2 Å². The van der Waals surface area contributed by atoms with Gasteiger partial charge in [0.2, 0.25) is 11.7 Å². The van der Waals surface area contributed by atoms with Crippen LogP contribution in [0.4, 0.5) is 23.3 Å². The van der Waals surface area contributed by atoms with E-state index in [4.69, 9.17) is 18.7 Å². The molecule has 2 heterocycles. The van der Waals surface area contributed by atoms with Crippen molar-refractivity contribution in [2.24, 2.45) is 0 Å². The van der Waals surface area contributed by atoms with Gasteiger partial charge in [0, 0.05) is 30.1 Å². The minimum Gasteiger partial charge on any atom is -0.493 e. The van der Waals surface area contributed by atoms with Crippen molar-refractivity contribution in [2.75, 3.05) is 32.0 Å². The van der Waals surface area contributed by atoms with Crippen LogP contribution in [0.25, 0.3) is 0 Å². The molecule has 0 aliphatic carbocycles. The quantitative estimate of drug-likeness (QED) is 0.659. The molecular formula is C17H19N5O4. The Kier molecular flexibility index (Phi) is 5.07. The van der Waals surface area contributed by atoms with E-state index in [0.29, 0.717) is 40.6 Å². The molecule has 0 saturated carbocycles. The molecule has 9 heteroatoms. The summed E-state index contributed by atoms with van der Waals surface area (Å²) in [5.41, 5.74) is 0.724. The molecule has 2 N–H and O–H groups in total. The predicted octanol–water partition coefficient (Wildman–Crippen LogP) is 3.29. The summed E-state index contributed by atoms with van der Waals surface area (Å²) in [5.74, 6) is 3.80. The zero-order valence-electron chi connectivity index (χ0n) is 14.9. The van der Waals surface area contributed by atoms with Gasteiger partial charge in [0.05, 0.1) is 21.3 Å². The van der Waals surface area contributed by atoms with Gasteiger partial charge in [0.15, 0.2) is 17.3 Å². The number of methoxy groups -OCH3 is 3. The number of aromatic nitrogens is 3. The zero-order valence-corrected chi connectivity index (χ0v) is 14.9. The van der Waals surface area contributed by atoms with Crippen LogP contribution < -0.4 is 24.8 Å². The van der Waals surface area contributed by atoms with Gasteiger partial charge in [-0.15, -0.1) is 0 Å². The molecule has 0 bridgehead atoms. The van der Waals surface area contributed by atoms with Crippen molar-refractivity contribution in [2.45, 2.75) is 6.92 Å². The number of hydrogen-bond donors (Lipinski definition) is 2. The Morgan fingerprint density at radius 2 is 1.65 bits per heavy atom. The first-order valence-corrected chi connectivity index (χ1v) is 7.73. The molecule has 9 nitrogen and oxygen atoms in total. The summed E-state index contributed by atoms with van der Waals surface area (Å²) in [6, 6.07) is 7.07. The number of benzene rings is 1. The van der Waals surface area contributed by atoms with E-state index in [1.165, 1.54) is 0 Å². The van der Waals surface area contributed by atoms with Crippen LogP contribution in [0.1, 0.15) is 5.76 Å². The number of ether oxygens (including phenoxy) is 3. The van der Waals surface area contributed by atoms with Crippen LogP contribution >= 0.6 is 0 Å². The van der Waals surface area contributed by atoms with E-state index in [1.807, 2.05) is 6.92 Å². The van der Waals surface area contributed by atoms with Crippen molar-refractivity contribution in [1.82, 2.24) is 15.1 Å². The molecule has 0 saturated heterocycles. The molecule has 0 spiro atoms. The second-order valence-corrected chi connectivity index (χ2v) is 5.25. The smallest absolute Gasteiger partial charge is 0.230 e. The second kappa shape index (κ2) is 7.60. The lowest BCUT2D eigenvalue weighted by Gasteiger charge is -2.15. The maximum absolute atomic E-state index is 5.35. The van der Waals surface area contributed by atoms with Crippen molar-refractivity contribution >= 4 is 23.3 Å². The zero-order chi connectivity index (χ0) is 18.5. The minimum absolute atomic E-state index is 0.385. The van der Waals surface area contributed by atoms with E-state index in [2.05, 4.69) is 25.8 Å². The molecule has 2 aromatic heterocycles. The van der Waals surface area contributed by atoms with E-state index in [1.54, 1.807) is 51.8 Å². The fourth-order valence-electron chi connectivity index (χ4n) is 2.33. The Hall–Kier alpha value is -3.49. The number of nitrogens with one attached hydrogen (secondary N) is 2. The van der Waals surface area contributed by atoms with Gasteiger partial charge in [-0.25, -0.2) is 4.98 Å². The molecule has 0 aliphatic rings. The lowest BCUT2D eigenvalue weighted by molar-refractivity contribution is 0.324. The van der Waals surface area contributed by atoms with E-state index < -0.39 is 0 Å². The summed E-state index contributed by atoms with van der Waals surface area (Å²) in [7, 11) is 4.68. The third kappa shape index (κ3) is 3.77. The first-order valence-electron chi connectivity index (χ1n) is 7.73. The standard InChI is InChI=1S/C17H19N5O4/c1-10-7-15(22-26-10)21-17-18-6-5-14(20-17)19-11-8-12(23-2)16(25-4)13(9-11)24-3/h5-9H,1-4H3,(H2,18,19,20,21,22). The fraction of sp³-hybridized carbons (Fsp3) is 0.235. The average molecular weight is 357 g/mol. The van der Waals surface area contributed by atoms with Crippen LogP contribution in [0.15, 0.2) is 35.0 Å². The average Bonchev–Trinajstić information content (AvgIpc) is 3.05. The highest BCUT2D eigenvalue weighted by Crippen LogP contribution is 2.40. The predicted molar refractivity (Wildman–Crippen MR) is 95.9 cm³/mol. The summed E-state index contributed by atoms with van der Waals surface area (Å²) in [4.78, 5) is 8.57. The van der Waals surface area contributed by atoms with E-state index >= 15 is 0 Å². The molecule has 0 fully saturated rings. The van der Waals surface area contributed by atoms with Crippen molar-refractivity contribution in [3.63, 3.8) is 0 Å². The molecule has 26 heavy (non-hydrogen) atoms. The number of hydrogen-bond acceptors (Lipinski definition) is 9. The molecule has 3 rings (SSSR count). The Balaban J connectivity index is 1.83. The van der Waals surface area contributed by atoms with Crippen LogP contribution in [-0.2, 0) is 0 Å². The Morgan fingerprint density at radius 3 is 2.23 bits per heavy atom. The normalized spacial score (nSPS) is 10.3. The number of aryl methyl sites for hydroxylation is 1. The molecule has 3 aromatic rings. The van der Waals surface area contributed by atoms with Crippen LogP contribution in [0, 0.1) is 6.92 Å². The SMILES string of the molecule is COc1cc(Nc2ccnc(Nc3cc(C)on3)n2)cc(OC)c1OC. The summed E-state index contributed by atoms with van der Waals surface area (Å²) < 4.78 is 21.0. The largest absolute Gasteiger partial charge is 0.493 e. The topological polar surface area (TPSA) is 104 Å². The molecule has 136 valence electrons. The van der Waals surface area contributed by atoms with E-state index in [-0.39, 0.29) is 0 Å². The van der Waals surface area contributed by atoms with Gasteiger partial charge in [0.25, 0.3) is 0 Å². The van der Waals surface area contributed by atoms with Gasteiger partial charge in [-0.05, 0) is 13.0 Å². The van der Waals surface area contributed by atoms with Crippen molar-refractivity contribution in [1.29, 1.82) is 0 Å². The molecule has 0 radical (unpaired) electrons. The summed E-state index contributed by atoms with van der Waals surface area (Å²) in [6.07, 6.45) is 1.63. The third-order valence-corrected chi connectivity index (χ3v) is 3.46. The second-order valence-electron chi connectivity index (χ2n) is 5.25. The van der Waals surface area contributed by atoms with Crippen LogP contribution in [0.2, 0.25) is 0 Å². The van der Waals surface area contributed by atoms with Crippen LogP contribution in [0.3, 0.4) is 0 Å². The van der Waals surface area contributed by atoms with Gasteiger partial charge in [0.1, 0.15) is 11.6 Å². The Morgan fingerprint density at radius 1 is 0.923 bits per heavy atom. The van der Waals surface area contributed by atoms with Crippen molar-refractivity contribution < 1.29 is 18.7 Å². The molecule has 0 atom stereocenters. The molecule has 1 aromatic carbocycles. The van der Waals surface area contributed by atoms with Crippen LogP contribution in [-0.4, -0.2) is 36.5 Å². The highest BCUT2D eigenvalue weighted by atomic mass is 16.5. The lowest BCUT2D eigenvalue weighted by Crippen LogP contribution is -2.01. The number of nitrogens with zero attached hydrogens (tertiary/aromatic N) is 3. The highest BCUT2D eigenvalue weighted by Gasteiger charge is 2.13. The number of rotatable bonds is 7. The van der Waals surface area contributed by atoms with E-state index in [9.17, 15) is 0 Å². The lowest BCUT2D eigenvalue weighted by atomic mass is 10.2. The summed E-state index contributed by atoms with van der Waals surface area (Å²) in [5, 5.41) is 10.0. The maximum Gasteiger partial charge on any atom is 0.230 e. The first kappa shape index (κ1) is 17.3. The van der Waals surface area contributed by atoms with E-state index in [0.717, 1.165) is 5.69 Å². The van der Waals surface area contributed by atoms with Gasteiger partial charge < -0.3 is 29.4 Å². The number of anilines is 4. The van der Waals surface area contributed by atoms with Gasteiger partial charge in [-0.2, -0.15) is 4.98 Å². The fourth-order valence-corrected chi connectivity index (χ4v) is 2.33. The van der Waals surface area contributed by atoms with Crippen molar-refractivity contribution in [3.8, 4) is 17.2 Å². The minimum atomic E-state index is 0.385. The summed E-state index contributed by atoms with van der Waals surface area (Å²) in [6.45, 7) is 1.81. The maximum atomic E-state index is 5.35. The first-order chi connectivity index (χ1) is 12.6. The molecule has 0 aliphatic heterocycles. The monoisotopic (exact) mass is 357 g/mol. The Bertz CT molecular complexity index is 871.